The van der Waals surface area contributed by atoms with Crippen LogP contribution < -0.4 is 5.32 Å². The Morgan fingerprint density at radius 3 is 2.94 bits per heavy atom. The molecule has 0 radical (unpaired) electrons. The number of aromatic nitrogens is 2. The molecule has 0 fully saturated rings. The van der Waals surface area contributed by atoms with Gasteiger partial charge >= 0.3 is 0 Å². The van der Waals surface area contributed by atoms with Crippen molar-refractivity contribution < 1.29 is 4.79 Å². The lowest BCUT2D eigenvalue weighted by atomic mass is 10.2. The maximum Gasteiger partial charge on any atom is 0.242 e. The van der Waals surface area contributed by atoms with E-state index >= 15 is 0 Å². The Labute approximate surface area is 105 Å². The predicted octanol–water partition coefficient (Wildman–Crippen LogP) is 1.41. The Morgan fingerprint density at radius 1 is 1.56 bits per heavy atom. The molecule has 1 aromatic heterocycles. The van der Waals surface area contributed by atoms with Crippen LogP contribution in [-0.4, -0.2) is 22.5 Å². The molecule has 5 nitrogen and oxygen atoms in total. The number of para-hydroxylation sites is 2. The topological polar surface area (TPSA) is 70.7 Å². The zero-order valence-corrected chi connectivity index (χ0v) is 10.3. The monoisotopic (exact) mass is 242 g/mol. The Bertz CT molecular complexity index is 623. The standard InChI is InChI=1S/C13H14N4O/c1-9(13(18)15-2)17-11-6-4-3-5-10(11)16-12(17)7-8-14/h3-6,9H,7H2,1-2H3,(H,15,18). The number of fused-ring (bicyclic) bond motifs is 1. The fourth-order valence-corrected chi connectivity index (χ4v) is 2.05. The molecule has 0 spiro atoms. The molecular formula is C13H14N4O. The average Bonchev–Trinajstić information content (AvgIpc) is 2.75. The van der Waals surface area contributed by atoms with Crippen molar-refractivity contribution in [2.75, 3.05) is 7.05 Å². The van der Waals surface area contributed by atoms with Gasteiger partial charge in [-0.25, -0.2) is 4.98 Å². The number of carbonyl (C=O) groups excluding carboxylic acids is 1. The van der Waals surface area contributed by atoms with Crippen LogP contribution in [0.1, 0.15) is 18.8 Å². The van der Waals surface area contributed by atoms with Gasteiger partial charge in [-0.1, -0.05) is 12.1 Å². The third-order valence-electron chi connectivity index (χ3n) is 2.92. The minimum atomic E-state index is -0.384. The molecule has 2 aromatic rings. The molecule has 1 amide bonds. The predicted molar refractivity (Wildman–Crippen MR) is 67.8 cm³/mol. The summed E-state index contributed by atoms with van der Waals surface area (Å²) >= 11 is 0. The van der Waals surface area contributed by atoms with Gasteiger partial charge in [-0.15, -0.1) is 0 Å². The van der Waals surface area contributed by atoms with Crippen LogP contribution in [0.2, 0.25) is 0 Å². The third kappa shape index (κ3) is 1.93. The summed E-state index contributed by atoms with van der Waals surface area (Å²) in [6.45, 7) is 1.80. The molecule has 1 unspecified atom stereocenters. The van der Waals surface area contributed by atoms with Gasteiger partial charge in [-0.2, -0.15) is 5.26 Å². The zero-order chi connectivity index (χ0) is 13.1. The number of nitriles is 1. The van der Waals surface area contributed by atoms with E-state index in [1.54, 1.807) is 14.0 Å². The van der Waals surface area contributed by atoms with E-state index in [9.17, 15) is 4.79 Å². The molecule has 0 bridgehead atoms. The van der Waals surface area contributed by atoms with E-state index in [4.69, 9.17) is 5.26 Å². The van der Waals surface area contributed by atoms with Crippen LogP contribution in [0, 0.1) is 11.3 Å². The van der Waals surface area contributed by atoms with Crippen LogP contribution in [0.15, 0.2) is 24.3 Å². The molecule has 1 heterocycles. The fraction of sp³-hybridized carbons (Fsp3) is 0.308. The van der Waals surface area contributed by atoms with Gasteiger partial charge in [0.15, 0.2) is 0 Å². The largest absolute Gasteiger partial charge is 0.357 e. The Kier molecular flexibility index (Phi) is 3.28. The molecule has 1 aromatic carbocycles. The highest BCUT2D eigenvalue weighted by Crippen LogP contribution is 2.21. The van der Waals surface area contributed by atoms with Crippen LogP contribution in [0.5, 0.6) is 0 Å². The zero-order valence-electron chi connectivity index (χ0n) is 10.3. The van der Waals surface area contributed by atoms with Crippen molar-refractivity contribution in [3.63, 3.8) is 0 Å². The molecule has 18 heavy (non-hydrogen) atoms. The summed E-state index contributed by atoms with van der Waals surface area (Å²) in [5, 5.41) is 11.5. The first-order valence-electron chi connectivity index (χ1n) is 5.73. The minimum Gasteiger partial charge on any atom is -0.357 e. The number of nitrogens with zero attached hydrogens (tertiary/aromatic N) is 3. The number of carbonyl (C=O) groups is 1. The first-order chi connectivity index (χ1) is 8.69. The highest BCUT2D eigenvalue weighted by atomic mass is 16.2. The second kappa shape index (κ2) is 4.88. The molecule has 0 saturated heterocycles. The Balaban J connectivity index is 2.62. The number of benzene rings is 1. The van der Waals surface area contributed by atoms with Crippen molar-refractivity contribution in [3.8, 4) is 6.07 Å². The van der Waals surface area contributed by atoms with E-state index in [1.165, 1.54) is 0 Å². The van der Waals surface area contributed by atoms with Gasteiger partial charge in [0.05, 0.1) is 23.5 Å². The lowest BCUT2D eigenvalue weighted by Crippen LogP contribution is -2.28. The van der Waals surface area contributed by atoms with E-state index in [0.717, 1.165) is 11.0 Å². The maximum absolute atomic E-state index is 11.8. The van der Waals surface area contributed by atoms with Crippen molar-refractivity contribution in [2.45, 2.75) is 19.4 Å². The van der Waals surface area contributed by atoms with Crippen LogP contribution in [0.3, 0.4) is 0 Å². The molecular weight excluding hydrogens is 228 g/mol. The number of amides is 1. The van der Waals surface area contributed by atoms with E-state index < -0.39 is 0 Å². The van der Waals surface area contributed by atoms with Crippen molar-refractivity contribution >= 4 is 16.9 Å². The van der Waals surface area contributed by atoms with Crippen molar-refractivity contribution in [1.82, 2.24) is 14.9 Å². The summed E-state index contributed by atoms with van der Waals surface area (Å²) in [6.07, 6.45) is 0.190. The number of imidazole rings is 1. The van der Waals surface area contributed by atoms with E-state index in [0.29, 0.717) is 5.82 Å². The lowest BCUT2D eigenvalue weighted by molar-refractivity contribution is -0.123. The summed E-state index contributed by atoms with van der Waals surface area (Å²) in [6, 6.07) is 9.27. The lowest BCUT2D eigenvalue weighted by Gasteiger charge is -2.15. The van der Waals surface area contributed by atoms with E-state index in [2.05, 4.69) is 16.4 Å². The second-order valence-corrected chi connectivity index (χ2v) is 4.01. The van der Waals surface area contributed by atoms with Crippen molar-refractivity contribution in [2.24, 2.45) is 0 Å². The summed E-state index contributed by atoms with van der Waals surface area (Å²) in [5.41, 5.74) is 1.68. The number of hydrogen-bond donors (Lipinski definition) is 1. The quantitative estimate of drug-likeness (QED) is 0.884. The molecule has 0 aliphatic heterocycles. The maximum atomic E-state index is 11.8. The molecule has 1 N–H and O–H groups in total. The fourth-order valence-electron chi connectivity index (χ4n) is 2.05. The molecule has 0 aliphatic carbocycles. The highest BCUT2D eigenvalue weighted by molar-refractivity contribution is 5.83. The van der Waals surface area contributed by atoms with Gasteiger partial charge in [-0.05, 0) is 19.1 Å². The van der Waals surface area contributed by atoms with Gasteiger partial charge in [0.1, 0.15) is 11.9 Å². The summed E-state index contributed by atoms with van der Waals surface area (Å²) in [7, 11) is 1.60. The SMILES string of the molecule is CNC(=O)C(C)n1c(CC#N)nc2ccccc21. The van der Waals surface area contributed by atoms with Gasteiger partial charge in [0, 0.05) is 7.05 Å². The molecule has 92 valence electrons. The molecule has 5 heteroatoms. The van der Waals surface area contributed by atoms with Crippen LogP contribution in [0.25, 0.3) is 11.0 Å². The van der Waals surface area contributed by atoms with Gasteiger partial charge in [0.2, 0.25) is 5.91 Å². The minimum absolute atomic E-state index is 0.0997. The number of hydrogen-bond acceptors (Lipinski definition) is 3. The van der Waals surface area contributed by atoms with Gasteiger partial charge < -0.3 is 9.88 Å². The number of likely N-dealkylation sites (N-methyl/N-ethyl adjacent to an activating group) is 1. The normalized spacial score (nSPS) is 12.1. The summed E-state index contributed by atoms with van der Waals surface area (Å²) in [4.78, 5) is 16.2. The summed E-state index contributed by atoms with van der Waals surface area (Å²) < 4.78 is 1.82. The number of rotatable bonds is 3. The van der Waals surface area contributed by atoms with E-state index in [1.807, 2.05) is 28.8 Å². The molecule has 2 rings (SSSR count). The first-order valence-corrected chi connectivity index (χ1v) is 5.73. The summed E-state index contributed by atoms with van der Waals surface area (Å²) in [5.74, 6) is 0.521. The molecule has 0 saturated carbocycles. The van der Waals surface area contributed by atoms with Crippen LogP contribution in [0.4, 0.5) is 0 Å². The number of nitrogens with one attached hydrogen (secondary N) is 1. The van der Waals surface area contributed by atoms with Crippen LogP contribution in [-0.2, 0) is 11.2 Å². The second-order valence-electron chi connectivity index (χ2n) is 4.01. The third-order valence-corrected chi connectivity index (χ3v) is 2.92. The van der Waals surface area contributed by atoms with Crippen LogP contribution >= 0.6 is 0 Å². The Hall–Kier alpha value is -2.35. The van der Waals surface area contributed by atoms with Crippen molar-refractivity contribution in [1.29, 1.82) is 5.26 Å². The Morgan fingerprint density at radius 2 is 2.28 bits per heavy atom. The van der Waals surface area contributed by atoms with E-state index in [-0.39, 0.29) is 18.4 Å². The molecule has 0 aliphatic rings. The smallest absolute Gasteiger partial charge is 0.242 e. The molecule has 1 atom stereocenters. The van der Waals surface area contributed by atoms with Gasteiger partial charge in [0.25, 0.3) is 0 Å². The average molecular weight is 242 g/mol. The first kappa shape index (κ1) is 12.1. The van der Waals surface area contributed by atoms with Crippen molar-refractivity contribution in [3.05, 3.63) is 30.1 Å². The highest BCUT2D eigenvalue weighted by Gasteiger charge is 2.20. The van der Waals surface area contributed by atoms with Gasteiger partial charge in [-0.3, -0.25) is 4.79 Å².